The summed E-state index contributed by atoms with van der Waals surface area (Å²) in [5, 5.41) is 11.3. The maximum Gasteiger partial charge on any atom is 0.345 e. The Hall–Kier alpha value is -3.82. The SMILES string of the molecule is COc1ccc(C(=O)COC(=O)c2cc(OC)c(OC)cc2[N+](=O)[O-])cc1OC. The van der Waals surface area contributed by atoms with Crippen LogP contribution in [-0.2, 0) is 4.74 Å². The molecule has 0 atom stereocenters. The summed E-state index contributed by atoms with van der Waals surface area (Å²) in [6, 6.07) is 6.63. The molecule has 0 bridgehead atoms. The second-order valence-electron chi connectivity index (χ2n) is 5.55. The highest BCUT2D eigenvalue weighted by Gasteiger charge is 2.26. The fourth-order valence-electron chi connectivity index (χ4n) is 2.48. The van der Waals surface area contributed by atoms with Crippen LogP contribution in [0.4, 0.5) is 5.69 Å². The summed E-state index contributed by atoms with van der Waals surface area (Å²) in [5.74, 6) is -0.621. The van der Waals surface area contributed by atoms with Crippen molar-refractivity contribution in [1.29, 1.82) is 0 Å². The predicted octanol–water partition coefficient (Wildman–Crippen LogP) is 2.67. The molecule has 0 aliphatic carbocycles. The molecule has 154 valence electrons. The molecule has 0 unspecified atom stereocenters. The maximum absolute atomic E-state index is 12.4. The van der Waals surface area contributed by atoms with Crippen LogP contribution in [0.25, 0.3) is 0 Å². The molecule has 0 saturated heterocycles. The Labute approximate surface area is 166 Å². The van der Waals surface area contributed by atoms with Gasteiger partial charge in [0, 0.05) is 11.6 Å². The number of methoxy groups -OCH3 is 4. The molecule has 0 radical (unpaired) electrons. The molecule has 2 rings (SSSR count). The van der Waals surface area contributed by atoms with Crippen LogP contribution in [0.3, 0.4) is 0 Å². The van der Waals surface area contributed by atoms with Crippen molar-refractivity contribution in [2.75, 3.05) is 35.0 Å². The number of nitro benzene ring substituents is 1. The summed E-state index contributed by atoms with van der Waals surface area (Å²) < 4.78 is 25.3. The highest BCUT2D eigenvalue weighted by molar-refractivity contribution is 6.01. The van der Waals surface area contributed by atoms with Crippen LogP contribution >= 0.6 is 0 Å². The lowest BCUT2D eigenvalue weighted by Gasteiger charge is -2.11. The van der Waals surface area contributed by atoms with Gasteiger partial charge in [0.15, 0.2) is 35.4 Å². The van der Waals surface area contributed by atoms with Crippen LogP contribution in [0.2, 0.25) is 0 Å². The van der Waals surface area contributed by atoms with Gasteiger partial charge in [-0.2, -0.15) is 0 Å². The normalized spacial score (nSPS) is 10.1. The molecule has 0 N–H and O–H groups in total. The average molecular weight is 405 g/mol. The van der Waals surface area contributed by atoms with E-state index in [1.54, 1.807) is 0 Å². The van der Waals surface area contributed by atoms with Gasteiger partial charge in [-0.15, -0.1) is 0 Å². The second kappa shape index (κ2) is 9.40. The molecule has 0 amide bonds. The molecular formula is C19H19NO9. The first-order valence-corrected chi connectivity index (χ1v) is 8.19. The molecule has 0 fully saturated rings. The zero-order chi connectivity index (χ0) is 21.6. The number of benzene rings is 2. The zero-order valence-electron chi connectivity index (χ0n) is 16.2. The smallest absolute Gasteiger partial charge is 0.345 e. The van der Waals surface area contributed by atoms with E-state index in [0.717, 1.165) is 12.1 Å². The number of rotatable bonds is 9. The Morgan fingerprint density at radius 2 is 1.41 bits per heavy atom. The summed E-state index contributed by atoms with van der Waals surface area (Å²) in [7, 11) is 5.50. The molecule has 2 aromatic carbocycles. The molecule has 2 aromatic rings. The molecule has 0 heterocycles. The van der Waals surface area contributed by atoms with E-state index in [2.05, 4.69) is 0 Å². The van der Waals surface area contributed by atoms with Crippen molar-refractivity contribution in [3.05, 3.63) is 51.6 Å². The molecule has 0 aliphatic rings. The first-order valence-electron chi connectivity index (χ1n) is 8.19. The molecule has 10 heteroatoms. The number of esters is 1. The lowest BCUT2D eigenvalue weighted by Crippen LogP contribution is -2.16. The van der Waals surface area contributed by atoms with E-state index in [-0.39, 0.29) is 22.6 Å². The number of carbonyl (C=O) groups excluding carboxylic acids is 2. The monoisotopic (exact) mass is 405 g/mol. The van der Waals surface area contributed by atoms with E-state index in [1.165, 1.54) is 46.6 Å². The number of nitrogens with zero attached hydrogens (tertiary/aromatic N) is 1. The topological polar surface area (TPSA) is 123 Å². The van der Waals surface area contributed by atoms with E-state index >= 15 is 0 Å². The first-order chi connectivity index (χ1) is 13.9. The van der Waals surface area contributed by atoms with Gasteiger partial charge in [-0.1, -0.05) is 0 Å². The highest BCUT2D eigenvalue weighted by Crippen LogP contribution is 2.35. The summed E-state index contributed by atoms with van der Waals surface area (Å²) in [5.41, 5.74) is -0.684. The molecule has 0 saturated carbocycles. The predicted molar refractivity (Wildman–Crippen MR) is 100 cm³/mol. The van der Waals surface area contributed by atoms with Crippen molar-refractivity contribution in [3.63, 3.8) is 0 Å². The van der Waals surface area contributed by atoms with E-state index in [0.29, 0.717) is 11.5 Å². The molecule has 0 spiro atoms. The third-order valence-electron chi connectivity index (χ3n) is 3.96. The number of Topliss-reactive ketones (excluding diaryl/α,β-unsaturated/α-hetero) is 1. The molecular weight excluding hydrogens is 386 g/mol. The number of hydrogen-bond acceptors (Lipinski definition) is 9. The summed E-state index contributed by atoms with van der Waals surface area (Å²) in [4.78, 5) is 35.3. The van der Waals surface area contributed by atoms with Gasteiger partial charge < -0.3 is 23.7 Å². The molecule has 0 aromatic heterocycles. The number of carbonyl (C=O) groups is 2. The van der Waals surface area contributed by atoms with Gasteiger partial charge in [0.25, 0.3) is 5.69 Å². The zero-order valence-corrected chi connectivity index (χ0v) is 16.2. The molecule has 10 nitrogen and oxygen atoms in total. The van der Waals surface area contributed by atoms with E-state index in [1.807, 2.05) is 0 Å². The van der Waals surface area contributed by atoms with Gasteiger partial charge in [-0.25, -0.2) is 4.79 Å². The largest absolute Gasteiger partial charge is 0.493 e. The van der Waals surface area contributed by atoms with Crippen molar-refractivity contribution in [1.82, 2.24) is 0 Å². The van der Waals surface area contributed by atoms with Crippen LogP contribution < -0.4 is 18.9 Å². The minimum Gasteiger partial charge on any atom is -0.493 e. The van der Waals surface area contributed by atoms with Gasteiger partial charge in [-0.05, 0) is 18.2 Å². The third kappa shape index (κ3) is 4.72. The lowest BCUT2D eigenvalue weighted by atomic mass is 10.1. The summed E-state index contributed by atoms with van der Waals surface area (Å²) in [6.45, 7) is -0.625. The highest BCUT2D eigenvalue weighted by atomic mass is 16.6. The Morgan fingerprint density at radius 1 is 0.862 bits per heavy atom. The van der Waals surface area contributed by atoms with Gasteiger partial charge in [0.1, 0.15) is 5.56 Å². The Kier molecular flexibility index (Phi) is 6.96. The van der Waals surface area contributed by atoms with Crippen molar-refractivity contribution in [3.8, 4) is 23.0 Å². The third-order valence-corrected chi connectivity index (χ3v) is 3.96. The Balaban J connectivity index is 2.22. The minimum atomic E-state index is -1.05. The average Bonchev–Trinajstić information content (AvgIpc) is 2.75. The summed E-state index contributed by atoms with van der Waals surface area (Å²) in [6.07, 6.45) is 0. The fraction of sp³-hybridized carbons (Fsp3) is 0.263. The summed E-state index contributed by atoms with van der Waals surface area (Å²) >= 11 is 0. The minimum absolute atomic E-state index is 0.0807. The number of hydrogen-bond donors (Lipinski definition) is 0. The van der Waals surface area contributed by atoms with Crippen LogP contribution in [0.15, 0.2) is 30.3 Å². The van der Waals surface area contributed by atoms with E-state index in [4.69, 9.17) is 23.7 Å². The van der Waals surface area contributed by atoms with Gasteiger partial charge >= 0.3 is 5.97 Å². The van der Waals surface area contributed by atoms with E-state index in [9.17, 15) is 19.7 Å². The van der Waals surface area contributed by atoms with Crippen LogP contribution in [0, 0.1) is 10.1 Å². The van der Waals surface area contributed by atoms with Crippen molar-refractivity contribution >= 4 is 17.4 Å². The van der Waals surface area contributed by atoms with Crippen molar-refractivity contribution in [2.24, 2.45) is 0 Å². The van der Waals surface area contributed by atoms with E-state index < -0.39 is 29.0 Å². The maximum atomic E-state index is 12.4. The lowest BCUT2D eigenvalue weighted by molar-refractivity contribution is -0.385. The number of ketones is 1. The standard InChI is InChI=1S/C19H19NO9/c1-25-15-6-5-11(7-16(15)26-2)14(21)10-29-19(22)12-8-17(27-3)18(28-4)9-13(12)20(23)24/h5-9H,10H2,1-4H3. The number of nitro groups is 1. The second-order valence-corrected chi connectivity index (χ2v) is 5.55. The van der Waals surface area contributed by atoms with Gasteiger partial charge in [0.05, 0.1) is 39.4 Å². The van der Waals surface area contributed by atoms with Crippen molar-refractivity contribution < 1.29 is 38.2 Å². The van der Waals surface area contributed by atoms with Crippen LogP contribution in [-0.4, -0.2) is 51.7 Å². The molecule has 0 aliphatic heterocycles. The van der Waals surface area contributed by atoms with Gasteiger partial charge in [-0.3, -0.25) is 14.9 Å². The Morgan fingerprint density at radius 3 is 1.97 bits per heavy atom. The van der Waals surface area contributed by atoms with Crippen molar-refractivity contribution in [2.45, 2.75) is 0 Å². The quantitative estimate of drug-likeness (QED) is 0.268. The first kappa shape index (κ1) is 21.5. The van der Waals surface area contributed by atoms with Gasteiger partial charge in [0.2, 0.25) is 0 Å². The van der Waals surface area contributed by atoms with Crippen LogP contribution in [0.5, 0.6) is 23.0 Å². The molecule has 29 heavy (non-hydrogen) atoms. The number of ether oxygens (including phenoxy) is 5. The fourth-order valence-corrected chi connectivity index (χ4v) is 2.48. The Bertz CT molecular complexity index is 940. The van der Waals surface area contributed by atoms with Crippen LogP contribution in [0.1, 0.15) is 20.7 Å².